The summed E-state index contributed by atoms with van der Waals surface area (Å²) >= 11 is 0. The molecular formula is C15H26ClN3O3S. The lowest BCUT2D eigenvalue weighted by molar-refractivity contribution is -0.131. The van der Waals surface area contributed by atoms with Crippen molar-refractivity contribution < 1.29 is 13.2 Å². The Morgan fingerprint density at radius 3 is 2.35 bits per heavy atom. The molecule has 0 saturated heterocycles. The second-order valence-electron chi connectivity index (χ2n) is 5.45. The molecule has 0 saturated carbocycles. The molecule has 0 unspecified atom stereocenters. The molecular weight excluding hydrogens is 338 g/mol. The number of hydrogen-bond acceptors (Lipinski definition) is 4. The Bertz CT molecular complexity index is 608. The van der Waals surface area contributed by atoms with Crippen LogP contribution in [0.3, 0.4) is 0 Å². The minimum atomic E-state index is -3.31. The molecule has 1 aromatic rings. The lowest BCUT2D eigenvalue weighted by atomic mass is 9.81. The quantitative estimate of drug-likeness (QED) is 0.656. The van der Waals surface area contributed by atoms with Crippen LogP contribution in [0.15, 0.2) is 24.3 Å². The van der Waals surface area contributed by atoms with Gasteiger partial charge in [0.1, 0.15) is 0 Å². The molecule has 8 heteroatoms. The van der Waals surface area contributed by atoms with E-state index in [0.29, 0.717) is 31.6 Å². The Hall–Kier alpha value is -1.31. The molecule has 1 aromatic carbocycles. The number of sulfonamides is 1. The van der Waals surface area contributed by atoms with Crippen LogP contribution >= 0.6 is 12.4 Å². The molecule has 1 amide bonds. The molecule has 0 heterocycles. The van der Waals surface area contributed by atoms with Gasteiger partial charge in [-0.25, -0.2) is 8.42 Å². The summed E-state index contributed by atoms with van der Waals surface area (Å²) in [5, 5.41) is 2.89. The number of hydrogen-bond donors (Lipinski definition) is 3. The molecule has 0 bridgehead atoms. The number of carbonyl (C=O) groups is 1. The van der Waals surface area contributed by atoms with Crippen LogP contribution in [0.25, 0.3) is 0 Å². The molecule has 0 radical (unpaired) electrons. The molecule has 0 aromatic heterocycles. The van der Waals surface area contributed by atoms with E-state index in [2.05, 4.69) is 10.0 Å². The highest BCUT2D eigenvalue weighted by atomic mass is 35.5. The molecule has 23 heavy (non-hydrogen) atoms. The molecule has 4 N–H and O–H groups in total. The molecule has 0 atom stereocenters. The van der Waals surface area contributed by atoms with E-state index in [1.54, 1.807) is 18.2 Å². The molecule has 6 nitrogen and oxygen atoms in total. The average Bonchev–Trinajstić information content (AvgIpc) is 2.46. The Morgan fingerprint density at radius 1 is 1.26 bits per heavy atom. The zero-order valence-electron chi connectivity index (χ0n) is 13.8. The molecule has 0 spiro atoms. The van der Waals surface area contributed by atoms with E-state index >= 15 is 0 Å². The second kappa shape index (κ2) is 9.10. The highest BCUT2D eigenvalue weighted by Gasteiger charge is 2.32. The van der Waals surface area contributed by atoms with E-state index < -0.39 is 15.4 Å². The summed E-state index contributed by atoms with van der Waals surface area (Å²) in [5.74, 6) is -0.0681. The van der Waals surface area contributed by atoms with Gasteiger partial charge in [-0.3, -0.25) is 9.52 Å². The zero-order valence-corrected chi connectivity index (χ0v) is 15.4. The van der Waals surface area contributed by atoms with Gasteiger partial charge in [0.2, 0.25) is 15.9 Å². The maximum absolute atomic E-state index is 12.3. The molecule has 0 fully saturated rings. The van der Waals surface area contributed by atoms with Gasteiger partial charge in [0, 0.05) is 18.8 Å². The number of carbonyl (C=O) groups excluding carboxylic acids is 1. The summed E-state index contributed by atoms with van der Waals surface area (Å²) in [5.41, 5.74) is 6.51. The topological polar surface area (TPSA) is 101 Å². The first-order chi connectivity index (χ1) is 10.3. The van der Waals surface area contributed by atoms with Crippen molar-refractivity contribution in [1.29, 1.82) is 0 Å². The van der Waals surface area contributed by atoms with Gasteiger partial charge in [-0.05, 0) is 30.5 Å². The molecule has 0 aliphatic carbocycles. The summed E-state index contributed by atoms with van der Waals surface area (Å²) in [4.78, 5) is 12.3. The van der Waals surface area contributed by atoms with Crippen molar-refractivity contribution in [3.63, 3.8) is 0 Å². The predicted octanol–water partition coefficient (Wildman–Crippen LogP) is 1.86. The number of nitrogens with two attached hydrogens (primary N) is 1. The van der Waals surface area contributed by atoms with E-state index in [0.717, 1.165) is 11.8 Å². The smallest absolute Gasteiger partial charge is 0.229 e. The number of benzene rings is 1. The summed E-state index contributed by atoms with van der Waals surface area (Å²) < 4.78 is 24.9. The maximum Gasteiger partial charge on any atom is 0.229 e. The van der Waals surface area contributed by atoms with Crippen LogP contribution in [0.5, 0.6) is 0 Å². The summed E-state index contributed by atoms with van der Waals surface area (Å²) in [7, 11) is -3.31. The van der Waals surface area contributed by atoms with Crippen molar-refractivity contribution >= 4 is 34.0 Å². The fourth-order valence-electron chi connectivity index (χ4n) is 2.28. The van der Waals surface area contributed by atoms with Gasteiger partial charge < -0.3 is 11.1 Å². The largest absolute Gasteiger partial charge is 0.352 e. The van der Waals surface area contributed by atoms with E-state index in [4.69, 9.17) is 5.73 Å². The number of rotatable bonds is 8. The van der Waals surface area contributed by atoms with E-state index in [9.17, 15) is 13.2 Å². The van der Waals surface area contributed by atoms with E-state index in [1.165, 1.54) is 0 Å². The van der Waals surface area contributed by atoms with Crippen LogP contribution in [0.2, 0.25) is 0 Å². The molecule has 0 aliphatic heterocycles. The van der Waals surface area contributed by atoms with Crippen LogP contribution in [0.4, 0.5) is 5.69 Å². The van der Waals surface area contributed by atoms with Crippen LogP contribution in [0, 0.1) is 5.41 Å². The van der Waals surface area contributed by atoms with Crippen molar-refractivity contribution in [2.45, 2.75) is 33.2 Å². The predicted molar refractivity (Wildman–Crippen MR) is 96.1 cm³/mol. The first-order valence-electron chi connectivity index (χ1n) is 7.31. The SMILES string of the molecule is CCC(CC)(CN)C(=O)NCc1cccc(NS(C)(=O)=O)c1.Cl. The van der Waals surface area contributed by atoms with Gasteiger partial charge in [0.25, 0.3) is 0 Å². The van der Waals surface area contributed by atoms with Gasteiger partial charge in [-0.2, -0.15) is 0 Å². The van der Waals surface area contributed by atoms with Gasteiger partial charge >= 0.3 is 0 Å². The Morgan fingerprint density at radius 2 is 1.87 bits per heavy atom. The lowest BCUT2D eigenvalue weighted by Gasteiger charge is -2.28. The number of nitrogens with one attached hydrogen (secondary N) is 2. The normalized spacial score (nSPS) is 11.5. The van der Waals surface area contributed by atoms with Gasteiger partial charge in [-0.1, -0.05) is 26.0 Å². The third kappa shape index (κ3) is 6.37. The monoisotopic (exact) mass is 363 g/mol. The van der Waals surface area contributed by atoms with Gasteiger partial charge in [0.15, 0.2) is 0 Å². The van der Waals surface area contributed by atoms with Gasteiger partial charge in [-0.15, -0.1) is 12.4 Å². The second-order valence-corrected chi connectivity index (χ2v) is 7.20. The highest BCUT2D eigenvalue weighted by Crippen LogP contribution is 2.25. The third-order valence-electron chi connectivity index (χ3n) is 3.91. The minimum Gasteiger partial charge on any atom is -0.352 e. The lowest BCUT2D eigenvalue weighted by Crippen LogP contribution is -2.45. The van der Waals surface area contributed by atoms with Crippen LogP contribution < -0.4 is 15.8 Å². The van der Waals surface area contributed by atoms with Crippen molar-refractivity contribution in [3.05, 3.63) is 29.8 Å². The summed E-state index contributed by atoms with van der Waals surface area (Å²) in [6.07, 6.45) is 2.46. The van der Waals surface area contributed by atoms with Crippen molar-refractivity contribution in [2.75, 3.05) is 17.5 Å². The van der Waals surface area contributed by atoms with Gasteiger partial charge in [0.05, 0.1) is 11.7 Å². The van der Waals surface area contributed by atoms with Crippen molar-refractivity contribution in [1.82, 2.24) is 5.32 Å². The third-order valence-corrected chi connectivity index (χ3v) is 4.52. The number of anilines is 1. The fourth-order valence-corrected chi connectivity index (χ4v) is 2.84. The first-order valence-corrected chi connectivity index (χ1v) is 9.20. The summed E-state index contributed by atoms with van der Waals surface area (Å²) in [6, 6.07) is 6.93. The average molecular weight is 364 g/mol. The van der Waals surface area contributed by atoms with E-state index in [1.807, 2.05) is 19.9 Å². The number of amides is 1. The van der Waals surface area contributed by atoms with Crippen LogP contribution in [0.1, 0.15) is 32.3 Å². The Kier molecular flexibility index (Phi) is 8.58. The first kappa shape index (κ1) is 21.7. The molecule has 0 aliphatic rings. The molecule has 132 valence electrons. The minimum absolute atomic E-state index is 0. The van der Waals surface area contributed by atoms with Crippen molar-refractivity contribution in [3.8, 4) is 0 Å². The standard InChI is InChI=1S/C15H25N3O3S.ClH/c1-4-15(5-2,11-16)14(19)17-10-12-7-6-8-13(9-12)18-22(3,20)21;/h6-9,18H,4-5,10-11,16H2,1-3H3,(H,17,19);1H. The fraction of sp³-hybridized carbons (Fsp3) is 0.533. The highest BCUT2D eigenvalue weighted by molar-refractivity contribution is 7.92. The van der Waals surface area contributed by atoms with Crippen LogP contribution in [-0.4, -0.2) is 27.1 Å². The van der Waals surface area contributed by atoms with Crippen LogP contribution in [-0.2, 0) is 21.4 Å². The summed E-state index contributed by atoms with van der Waals surface area (Å²) in [6.45, 7) is 4.54. The Labute approximate surface area is 144 Å². The van der Waals surface area contributed by atoms with Crippen molar-refractivity contribution in [2.24, 2.45) is 11.1 Å². The zero-order chi connectivity index (χ0) is 16.8. The molecule has 1 rings (SSSR count). The number of halogens is 1. The van der Waals surface area contributed by atoms with E-state index in [-0.39, 0.29) is 18.3 Å². The maximum atomic E-state index is 12.3. The Balaban J connectivity index is 0.00000484.